The molecule has 200 valence electrons. The Morgan fingerprint density at radius 2 is 1.85 bits per heavy atom. The van der Waals surface area contributed by atoms with Gasteiger partial charge in [0.1, 0.15) is 11.5 Å². The van der Waals surface area contributed by atoms with E-state index in [1.807, 2.05) is 38.1 Å². The van der Waals surface area contributed by atoms with Gasteiger partial charge in [0.15, 0.2) is 0 Å². The first-order valence-electron chi connectivity index (χ1n) is 12.6. The fourth-order valence-electron chi connectivity index (χ4n) is 4.34. The molecule has 0 radical (unpaired) electrons. The zero-order valence-corrected chi connectivity index (χ0v) is 22.9. The molecule has 1 aliphatic heterocycles. The number of ether oxygens (including phenoxy) is 1. The van der Waals surface area contributed by atoms with Crippen LogP contribution in [0.1, 0.15) is 38.0 Å². The van der Waals surface area contributed by atoms with E-state index in [4.69, 9.17) is 9.15 Å². The van der Waals surface area contributed by atoms with E-state index < -0.39 is 5.92 Å². The average Bonchev–Trinajstić information content (AvgIpc) is 3.47. The minimum absolute atomic E-state index is 0.0808. The summed E-state index contributed by atoms with van der Waals surface area (Å²) in [6.45, 7) is 6.25. The Morgan fingerprint density at radius 1 is 1.08 bits per heavy atom. The highest BCUT2D eigenvalue weighted by Crippen LogP contribution is 2.41. The van der Waals surface area contributed by atoms with E-state index in [0.717, 1.165) is 17.7 Å². The maximum Gasteiger partial charge on any atom is 0.254 e. The molecule has 9 heteroatoms. The maximum absolute atomic E-state index is 13.5. The van der Waals surface area contributed by atoms with Gasteiger partial charge in [0.05, 0.1) is 46.8 Å². The Kier molecular flexibility index (Phi) is 9.13. The molecule has 4 rings (SSSR count). The zero-order chi connectivity index (χ0) is 27.8. The van der Waals surface area contributed by atoms with Crippen LogP contribution in [0.15, 0.2) is 93.2 Å². The Hall–Kier alpha value is -4.42. The van der Waals surface area contributed by atoms with E-state index in [1.54, 1.807) is 43.3 Å². The first-order chi connectivity index (χ1) is 18.9. The van der Waals surface area contributed by atoms with Gasteiger partial charge in [-0.1, -0.05) is 36.9 Å². The highest BCUT2D eigenvalue weighted by atomic mass is 32.2. The largest absolute Gasteiger partial charge is 0.494 e. The van der Waals surface area contributed by atoms with E-state index >= 15 is 0 Å². The molecule has 0 saturated carbocycles. The van der Waals surface area contributed by atoms with Crippen LogP contribution in [0.2, 0.25) is 0 Å². The van der Waals surface area contributed by atoms with Gasteiger partial charge in [-0.15, -0.1) is 0 Å². The lowest BCUT2D eigenvalue weighted by atomic mass is 9.85. The van der Waals surface area contributed by atoms with Gasteiger partial charge in [-0.2, -0.15) is 5.26 Å². The number of carbonyl (C=O) groups excluding carboxylic acids is 2. The molecule has 1 aromatic heterocycles. The molecule has 0 bridgehead atoms. The summed E-state index contributed by atoms with van der Waals surface area (Å²) in [6.07, 6.45) is 2.31. The first kappa shape index (κ1) is 27.6. The standard InChI is InChI=1S/C30H30N4O4S/c1-4-20-9-6-7-10-24(20)34-26(35)18-39-30-23(17-31)28(25-11-8-16-38-25)27(19(3)32-30)29(36)33-21-12-14-22(15-13-21)37-5-2/h6-16,28,32H,4-5,18H2,1-3H3,(H,33,36)(H,34,35). The number of dihydropyridines is 1. The lowest BCUT2D eigenvalue weighted by molar-refractivity contribution is -0.114. The van der Waals surface area contributed by atoms with E-state index in [-0.39, 0.29) is 17.6 Å². The van der Waals surface area contributed by atoms with Crippen molar-refractivity contribution in [1.29, 1.82) is 5.26 Å². The number of hydrogen-bond donors (Lipinski definition) is 3. The van der Waals surface area contributed by atoms with E-state index in [2.05, 4.69) is 22.0 Å². The van der Waals surface area contributed by atoms with Crippen molar-refractivity contribution in [3.8, 4) is 11.8 Å². The number of amides is 2. The summed E-state index contributed by atoms with van der Waals surface area (Å²) in [5.41, 5.74) is 3.64. The number of nitrogens with one attached hydrogen (secondary N) is 3. The molecule has 39 heavy (non-hydrogen) atoms. The molecular weight excluding hydrogens is 512 g/mol. The number of thioether (sulfide) groups is 1. The van der Waals surface area contributed by atoms with Crippen LogP contribution >= 0.6 is 11.8 Å². The third-order valence-corrected chi connectivity index (χ3v) is 7.18. The monoisotopic (exact) mass is 542 g/mol. The highest BCUT2D eigenvalue weighted by molar-refractivity contribution is 8.03. The normalized spacial score (nSPS) is 14.9. The molecule has 8 nitrogen and oxygen atoms in total. The number of allylic oxidation sites excluding steroid dienone is 2. The van der Waals surface area contributed by atoms with Crippen LogP contribution in [0, 0.1) is 11.3 Å². The number of benzene rings is 2. The van der Waals surface area contributed by atoms with Crippen molar-refractivity contribution in [3.05, 3.63) is 100 Å². The number of anilines is 2. The zero-order valence-electron chi connectivity index (χ0n) is 22.0. The summed E-state index contributed by atoms with van der Waals surface area (Å²) in [5.74, 6) is -0.0440. The first-order valence-corrected chi connectivity index (χ1v) is 13.6. The summed E-state index contributed by atoms with van der Waals surface area (Å²) in [4.78, 5) is 26.3. The van der Waals surface area contributed by atoms with Crippen molar-refractivity contribution in [2.45, 2.75) is 33.1 Å². The number of hydrogen-bond acceptors (Lipinski definition) is 7. The van der Waals surface area contributed by atoms with Crippen molar-refractivity contribution in [3.63, 3.8) is 0 Å². The molecule has 1 aliphatic rings. The molecule has 3 N–H and O–H groups in total. The van der Waals surface area contributed by atoms with E-state index in [9.17, 15) is 14.9 Å². The van der Waals surface area contributed by atoms with Crippen LogP contribution in [0.3, 0.4) is 0 Å². The molecule has 2 amide bonds. The van der Waals surface area contributed by atoms with Crippen molar-refractivity contribution < 1.29 is 18.7 Å². The fraction of sp³-hybridized carbons (Fsp3) is 0.233. The third-order valence-electron chi connectivity index (χ3n) is 6.16. The second kappa shape index (κ2) is 12.9. The number of aryl methyl sites for hydroxylation is 1. The highest BCUT2D eigenvalue weighted by Gasteiger charge is 2.36. The SMILES string of the molecule is CCOc1ccc(NC(=O)C2=C(C)NC(SCC(=O)Nc3ccccc3CC)=C(C#N)C2c2ccco2)cc1. The van der Waals surface area contributed by atoms with Gasteiger partial charge >= 0.3 is 0 Å². The van der Waals surface area contributed by atoms with Gasteiger partial charge in [-0.05, 0) is 68.3 Å². The Balaban J connectivity index is 1.55. The Morgan fingerprint density at radius 3 is 2.51 bits per heavy atom. The van der Waals surface area contributed by atoms with Gasteiger partial charge in [-0.3, -0.25) is 9.59 Å². The number of carbonyl (C=O) groups is 2. The summed E-state index contributed by atoms with van der Waals surface area (Å²) < 4.78 is 11.1. The van der Waals surface area contributed by atoms with Crippen LogP contribution in [-0.4, -0.2) is 24.2 Å². The second-order valence-electron chi connectivity index (χ2n) is 8.73. The van der Waals surface area contributed by atoms with Crippen molar-refractivity contribution in [2.75, 3.05) is 23.0 Å². The van der Waals surface area contributed by atoms with E-state index in [0.29, 0.717) is 45.7 Å². The molecule has 1 atom stereocenters. The minimum atomic E-state index is -0.736. The lowest BCUT2D eigenvalue weighted by Gasteiger charge is -2.28. The Bertz CT molecular complexity index is 1440. The van der Waals surface area contributed by atoms with Crippen molar-refractivity contribution >= 4 is 35.0 Å². The van der Waals surface area contributed by atoms with Crippen LogP contribution in [-0.2, 0) is 16.0 Å². The summed E-state index contributed by atoms with van der Waals surface area (Å²) in [6, 6.07) is 20.4. The predicted octanol–water partition coefficient (Wildman–Crippen LogP) is 5.95. The van der Waals surface area contributed by atoms with Gasteiger partial charge in [0, 0.05) is 17.1 Å². The number of rotatable bonds is 10. The summed E-state index contributed by atoms with van der Waals surface area (Å²) in [7, 11) is 0. The lowest BCUT2D eigenvalue weighted by Crippen LogP contribution is -2.31. The minimum Gasteiger partial charge on any atom is -0.494 e. The topological polar surface area (TPSA) is 116 Å². The van der Waals surface area contributed by atoms with Crippen LogP contribution in [0.5, 0.6) is 5.75 Å². The fourth-order valence-corrected chi connectivity index (χ4v) is 5.23. The van der Waals surface area contributed by atoms with Crippen LogP contribution in [0.4, 0.5) is 11.4 Å². The molecule has 0 spiro atoms. The summed E-state index contributed by atoms with van der Waals surface area (Å²) in [5, 5.41) is 19.8. The smallest absolute Gasteiger partial charge is 0.254 e. The third kappa shape index (κ3) is 6.54. The van der Waals surface area contributed by atoms with Gasteiger partial charge in [-0.25, -0.2) is 0 Å². The predicted molar refractivity (Wildman–Crippen MR) is 153 cm³/mol. The second-order valence-corrected chi connectivity index (χ2v) is 9.71. The number of para-hydroxylation sites is 1. The molecule has 1 unspecified atom stereocenters. The molecule has 3 aromatic rings. The summed E-state index contributed by atoms with van der Waals surface area (Å²) >= 11 is 1.21. The molecule has 2 aromatic carbocycles. The Labute approximate surface area is 232 Å². The average molecular weight is 543 g/mol. The van der Waals surface area contributed by atoms with Gasteiger partial charge in [0.2, 0.25) is 5.91 Å². The molecule has 2 heterocycles. The van der Waals surface area contributed by atoms with Crippen molar-refractivity contribution in [1.82, 2.24) is 5.32 Å². The van der Waals surface area contributed by atoms with E-state index in [1.165, 1.54) is 18.0 Å². The quantitative estimate of drug-likeness (QED) is 0.290. The van der Waals surface area contributed by atoms with Gasteiger partial charge < -0.3 is 25.1 Å². The molecule has 0 fully saturated rings. The van der Waals surface area contributed by atoms with Gasteiger partial charge in [0.25, 0.3) is 5.91 Å². The molecule has 0 aliphatic carbocycles. The van der Waals surface area contributed by atoms with Crippen LogP contribution in [0.25, 0.3) is 0 Å². The maximum atomic E-state index is 13.5. The number of nitrogens with zero attached hydrogens (tertiary/aromatic N) is 1. The molecular formula is C30H30N4O4S. The molecule has 0 saturated heterocycles. The number of nitriles is 1. The number of furan rings is 1. The van der Waals surface area contributed by atoms with Crippen molar-refractivity contribution in [2.24, 2.45) is 0 Å². The van der Waals surface area contributed by atoms with Crippen LogP contribution < -0.4 is 20.7 Å².